The Labute approximate surface area is 219 Å². The second kappa shape index (κ2) is 10.8. The van der Waals surface area contributed by atoms with Gasteiger partial charge in [0.1, 0.15) is 5.75 Å². The maximum Gasteiger partial charge on any atom is 0.283 e. The van der Waals surface area contributed by atoms with Crippen LogP contribution in [0.4, 0.5) is 0 Å². The number of hydrazone groups is 1. The number of sulfone groups is 1. The maximum absolute atomic E-state index is 12.6. The molecule has 37 heavy (non-hydrogen) atoms. The number of hydrogen-bond acceptors (Lipinski definition) is 9. The van der Waals surface area contributed by atoms with Gasteiger partial charge in [-0.1, -0.05) is 24.3 Å². The molecule has 194 valence electrons. The third-order valence-corrected chi connectivity index (χ3v) is 8.03. The van der Waals surface area contributed by atoms with Crippen molar-refractivity contribution in [1.82, 2.24) is 5.01 Å². The van der Waals surface area contributed by atoms with Crippen LogP contribution in [0.15, 0.2) is 52.1 Å². The van der Waals surface area contributed by atoms with Crippen LogP contribution in [0.5, 0.6) is 17.2 Å². The molecule has 0 unspecified atom stereocenters. The molecule has 2 aliphatic rings. The van der Waals surface area contributed by atoms with Crippen LogP contribution < -0.4 is 14.2 Å². The van der Waals surface area contributed by atoms with Crippen LogP contribution >= 0.6 is 11.8 Å². The van der Waals surface area contributed by atoms with Gasteiger partial charge in [0.2, 0.25) is 19.4 Å². The van der Waals surface area contributed by atoms with Gasteiger partial charge in [-0.2, -0.15) is 10.0 Å². The number of amides is 1. The summed E-state index contributed by atoms with van der Waals surface area (Å²) in [7, 11) is -2.09. The van der Waals surface area contributed by atoms with Crippen LogP contribution in [0.25, 0.3) is 6.08 Å². The quantitative estimate of drug-likeness (QED) is 0.394. The number of para-hydroxylation sites is 1. The molecule has 12 heteroatoms. The fourth-order valence-electron chi connectivity index (χ4n) is 3.63. The van der Waals surface area contributed by atoms with E-state index < -0.39 is 15.7 Å². The Balaban J connectivity index is 1.42. The van der Waals surface area contributed by atoms with Gasteiger partial charge < -0.3 is 14.2 Å². The lowest BCUT2D eigenvalue weighted by Gasteiger charge is -2.20. The van der Waals surface area contributed by atoms with Crippen molar-refractivity contribution in [1.29, 1.82) is 5.41 Å². The molecule has 1 amide bonds. The van der Waals surface area contributed by atoms with Crippen molar-refractivity contribution in [2.24, 2.45) is 10.1 Å². The molecule has 0 saturated heterocycles. The lowest BCUT2D eigenvalue weighted by atomic mass is 10.1. The first-order valence-corrected chi connectivity index (χ1v) is 14.0. The number of amidine groups is 2. The van der Waals surface area contributed by atoms with E-state index in [9.17, 15) is 13.2 Å². The molecule has 0 aliphatic carbocycles. The lowest BCUT2D eigenvalue weighted by molar-refractivity contribution is -0.114. The van der Waals surface area contributed by atoms with Crippen LogP contribution in [0, 0.1) is 19.3 Å². The van der Waals surface area contributed by atoms with E-state index in [2.05, 4.69) is 10.1 Å². The molecule has 1 N–H and O–H groups in total. The number of nitrogens with zero attached hydrogens (tertiary/aromatic N) is 3. The van der Waals surface area contributed by atoms with E-state index in [0.717, 1.165) is 39.9 Å². The fraction of sp³-hybridized carbons (Fsp3) is 0.280. The van der Waals surface area contributed by atoms with E-state index in [4.69, 9.17) is 19.6 Å². The second-order valence-electron chi connectivity index (χ2n) is 8.34. The van der Waals surface area contributed by atoms with Gasteiger partial charge in [-0.25, -0.2) is 8.42 Å². The van der Waals surface area contributed by atoms with E-state index in [1.807, 2.05) is 32.0 Å². The summed E-state index contributed by atoms with van der Waals surface area (Å²) < 4.78 is 40.6. The van der Waals surface area contributed by atoms with Gasteiger partial charge in [-0.3, -0.25) is 10.2 Å². The number of benzene rings is 2. The summed E-state index contributed by atoms with van der Waals surface area (Å²) in [5.74, 6) is 0.960. The highest BCUT2D eigenvalue weighted by atomic mass is 32.3. The van der Waals surface area contributed by atoms with Gasteiger partial charge in [0, 0.05) is 12.7 Å². The number of ether oxygens (including phenoxy) is 3. The van der Waals surface area contributed by atoms with E-state index in [-0.39, 0.29) is 21.0 Å². The molecular formula is C25H26N4O6S2. The number of aliphatic imine (C=N–C) groups is 1. The monoisotopic (exact) mass is 542 g/mol. The molecule has 0 radical (unpaired) electrons. The van der Waals surface area contributed by atoms with E-state index >= 15 is 0 Å². The molecule has 2 aromatic rings. The van der Waals surface area contributed by atoms with E-state index in [1.165, 1.54) is 13.2 Å². The fourth-order valence-corrected chi connectivity index (χ4v) is 5.31. The third-order valence-electron chi connectivity index (χ3n) is 5.45. The zero-order valence-electron chi connectivity index (χ0n) is 20.8. The minimum absolute atomic E-state index is 0.0257. The number of carbonyl (C=O) groups excluding carboxylic acids is 1. The number of hydrogen-bond donors (Lipinski definition) is 1. The summed E-state index contributed by atoms with van der Waals surface area (Å²) in [6.07, 6.45) is 3.15. The number of fused-ring (bicyclic) bond motifs is 1. The third kappa shape index (κ3) is 5.86. The van der Waals surface area contributed by atoms with Gasteiger partial charge in [0.25, 0.3) is 5.91 Å². The number of rotatable bonds is 8. The van der Waals surface area contributed by atoms with Crippen molar-refractivity contribution >= 4 is 49.0 Å². The summed E-state index contributed by atoms with van der Waals surface area (Å²) in [6.45, 7) is 4.94. The van der Waals surface area contributed by atoms with Crippen LogP contribution in [-0.4, -0.2) is 61.3 Å². The van der Waals surface area contributed by atoms with Crippen molar-refractivity contribution < 1.29 is 27.4 Å². The minimum Gasteiger partial charge on any atom is -0.493 e. The number of nitrogens with one attached hydrogen (secondary N) is 1. The highest BCUT2D eigenvalue weighted by Gasteiger charge is 2.38. The first-order chi connectivity index (χ1) is 17.6. The Morgan fingerprint density at radius 3 is 2.46 bits per heavy atom. The number of thioether (sulfide) groups is 1. The number of carbonyl (C=O) groups is 1. The zero-order valence-corrected chi connectivity index (χ0v) is 22.4. The van der Waals surface area contributed by atoms with Crippen LogP contribution in [0.1, 0.15) is 23.1 Å². The summed E-state index contributed by atoms with van der Waals surface area (Å²) in [5, 5.41) is 13.4. The summed E-state index contributed by atoms with van der Waals surface area (Å²) in [6, 6.07) is 11.1. The molecule has 0 aromatic heterocycles. The topological polar surface area (TPSA) is 131 Å². The highest BCUT2D eigenvalue weighted by Crippen LogP contribution is 2.32. The van der Waals surface area contributed by atoms with E-state index in [1.54, 1.807) is 18.2 Å². The van der Waals surface area contributed by atoms with E-state index in [0.29, 0.717) is 36.7 Å². The van der Waals surface area contributed by atoms with Crippen molar-refractivity contribution in [3.8, 4) is 17.2 Å². The van der Waals surface area contributed by atoms with Crippen molar-refractivity contribution in [3.05, 3.63) is 58.7 Å². The molecule has 2 aliphatic heterocycles. The maximum atomic E-state index is 12.6. The number of methoxy groups -OCH3 is 1. The van der Waals surface area contributed by atoms with Crippen molar-refractivity contribution in [2.75, 3.05) is 26.6 Å². The second-order valence-corrected chi connectivity index (χ2v) is 11.5. The highest BCUT2D eigenvalue weighted by molar-refractivity contribution is 8.42. The van der Waals surface area contributed by atoms with Crippen LogP contribution in [0.3, 0.4) is 0 Å². The largest absolute Gasteiger partial charge is 0.493 e. The molecule has 0 spiro atoms. The standard InChI is InChI=1S/C25H26N4O6S2/c1-15-7-5-8-16(2)21(15)35-12-6-11-34-19-10-9-17(14-20(19)33-3)13-18-22(26)29-24(27-23(18)30)36-25(28-29)37(4,31)32/h5,7-10,13-14,26H,6,11-12H2,1-4H3/b18-13+,26-22?. The Kier molecular flexibility index (Phi) is 7.69. The molecule has 4 rings (SSSR count). The predicted octanol–water partition coefficient (Wildman–Crippen LogP) is 3.78. The Morgan fingerprint density at radius 2 is 1.78 bits per heavy atom. The normalized spacial score (nSPS) is 16.4. The Bertz CT molecular complexity index is 1440. The van der Waals surface area contributed by atoms with Gasteiger partial charge in [-0.15, -0.1) is 5.10 Å². The van der Waals surface area contributed by atoms with Gasteiger partial charge in [0.15, 0.2) is 17.3 Å². The predicted molar refractivity (Wildman–Crippen MR) is 144 cm³/mol. The molecule has 0 fully saturated rings. The first kappa shape index (κ1) is 26.4. The van der Waals surface area contributed by atoms with Crippen molar-refractivity contribution in [2.45, 2.75) is 20.3 Å². The minimum atomic E-state index is -3.60. The smallest absolute Gasteiger partial charge is 0.283 e. The summed E-state index contributed by atoms with van der Waals surface area (Å²) in [5.41, 5.74) is 2.73. The zero-order chi connectivity index (χ0) is 26.7. The molecular weight excluding hydrogens is 516 g/mol. The van der Waals surface area contributed by atoms with Gasteiger partial charge >= 0.3 is 0 Å². The SMILES string of the molecule is COc1cc(/C=C2\C(=N)N3N=C(S(C)(=O)=O)SC3=NC2=O)ccc1OCCCOc1c(C)cccc1C. The average molecular weight is 543 g/mol. The molecule has 2 heterocycles. The molecule has 10 nitrogen and oxygen atoms in total. The molecule has 2 aromatic carbocycles. The summed E-state index contributed by atoms with van der Waals surface area (Å²) >= 11 is 0.740. The summed E-state index contributed by atoms with van der Waals surface area (Å²) in [4.78, 5) is 16.5. The van der Waals surface area contributed by atoms with Crippen LogP contribution in [-0.2, 0) is 14.6 Å². The molecule has 0 atom stereocenters. The van der Waals surface area contributed by atoms with Gasteiger partial charge in [0.05, 0.1) is 25.9 Å². The lowest BCUT2D eigenvalue weighted by Crippen LogP contribution is -2.35. The average Bonchev–Trinajstić information content (AvgIpc) is 3.28. The van der Waals surface area contributed by atoms with Gasteiger partial charge in [-0.05, 0) is 60.5 Å². The number of aryl methyl sites for hydroxylation is 2. The van der Waals surface area contributed by atoms with Crippen molar-refractivity contribution in [3.63, 3.8) is 0 Å². The Hall–Kier alpha value is -3.64. The Morgan fingerprint density at radius 1 is 1.08 bits per heavy atom. The van der Waals surface area contributed by atoms with Crippen LogP contribution in [0.2, 0.25) is 0 Å². The molecule has 0 bridgehead atoms. The molecule has 0 saturated carbocycles. The first-order valence-electron chi connectivity index (χ1n) is 11.3.